The summed E-state index contributed by atoms with van der Waals surface area (Å²) in [5, 5.41) is 0.699. The molecule has 0 saturated heterocycles. The number of nitrogens with zero attached hydrogens (tertiary/aromatic N) is 2. The minimum absolute atomic E-state index is 0.0188. The van der Waals surface area contributed by atoms with Crippen molar-refractivity contribution in [2.45, 2.75) is 4.90 Å². The molecule has 0 aliphatic rings. The largest absolute Gasteiger partial charge is 0.465 e. The third-order valence-electron chi connectivity index (χ3n) is 5.12. The quantitative estimate of drug-likeness (QED) is 0.374. The maximum atomic E-state index is 13.5. The maximum absolute atomic E-state index is 13.5. The van der Waals surface area contributed by atoms with Gasteiger partial charge < -0.3 is 4.74 Å². The van der Waals surface area contributed by atoms with E-state index in [1.165, 1.54) is 36.1 Å². The number of carbonyl (C=O) groups is 2. The second-order valence-electron chi connectivity index (χ2n) is 7.09. The van der Waals surface area contributed by atoms with E-state index in [4.69, 9.17) is 16.3 Å². The summed E-state index contributed by atoms with van der Waals surface area (Å²) in [6, 6.07) is 21.0. The highest BCUT2D eigenvalue weighted by molar-refractivity contribution is 7.92. The van der Waals surface area contributed by atoms with E-state index >= 15 is 0 Å². The summed E-state index contributed by atoms with van der Waals surface area (Å²) in [6.07, 6.45) is 1.36. The van der Waals surface area contributed by atoms with Gasteiger partial charge in [-0.2, -0.15) is 0 Å². The van der Waals surface area contributed by atoms with Gasteiger partial charge in [0.05, 0.1) is 33.8 Å². The molecule has 0 fully saturated rings. The Morgan fingerprint density at radius 1 is 0.939 bits per heavy atom. The van der Waals surface area contributed by atoms with Crippen LogP contribution in [0.1, 0.15) is 15.2 Å². The van der Waals surface area contributed by atoms with Crippen molar-refractivity contribution in [3.05, 3.63) is 95.6 Å². The first-order chi connectivity index (χ1) is 15.8. The fraction of sp³-hybridized carbons (Fsp3) is 0.0833. The van der Waals surface area contributed by atoms with E-state index in [1.54, 1.807) is 60.7 Å². The van der Waals surface area contributed by atoms with Crippen molar-refractivity contribution in [1.82, 2.24) is 4.57 Å². The molecule has 0 radical (unpaired) electrons. The standard InChI is InChI=1S/C24H19ClN2O5S/c1-32-24(29)19-15-26(21-13-7-5-11-18(19)21)23(28)16-27(22-14-8-6-12-20(22)25)33(30,31)17-9-3-2-4-10-17/h2-15H,16H2,1H3. The number of ether oxygens (including phenoxy) is 1. The first-order valence-corrected chi connectivity index (χ1v) is 11.7. The Hall–Kier alpha value is -3.62. The lowest BCUT2D eigenvalue weighted by Crippen LogP contribution is -2.37. The Bertz CT molecular complexity index is 1450. The van der Waals surface area contributed by atoms with Crippen LogP contribution in [0.4, 0.5) is 5.69 Å². The smallest absolute Gasteiger partial charge is 0.340 e. The Balaban J connectivity index is 1.82. The minimum atomic E-state index is -4.12. The number of benzene rings is 3. The molecule has 0 N–H and O–H groups in total. The van der Waals surface area contributed by atoms with Crippen LogP contribution in [0.2, 0.25) is 5.02 Å². The van der Waals surface area contributed by atoms with E-state index in [-0.39, 0.29) is 21.2 Å². The second-order valence-corrected chi connectivity index (χ2v) is 9.36. The van der Waals surface area contributed by atoms with E-state index in [2.05, 4.69) is 0 Å². The van der Waals surface area contributed by atoms with Crippen molar-refractivity contribution < 1.29 is 22.7 Å². The van der Waals surface area contributed by atoms with Gasteiger partial charge in [0.25, 0.3) is 15.9 Å². The number of rotatable bonds is 6. The zero-order chi connectivity index (χ0) is 23.6. The predicted molar refractivity (Wildman–Crippen MR) is 126 cm³/mol. The van der Waals surface area contributed by atoms with Crippen LogP contribution in [0.5, 0.6) is 0 Å². The molecule has 7 nitrogen and oxygen atoms in total. The van der Waals surface area contributed by atoms with Crippen molar-refractivity contribution in [2.75, 3.05) is 18.0 Å². The average molecular weight is 483 g/mol. The summed E-state index contributed by atoms with van der Waals surface area (Å²) in [4.78, 5) is 25.7. The highest BCUT2D eigenvalue weighted by Gasteiger charge is 2.30. The van der Waals surface area contributed by atoms with Gasteiger partial charge in [0, 0.05) is 11.6 Å². The highest BCUT2D eigenvalue weighted by Crippen LogP contribution is 2.31. The van der Waals surface area contributed by atoms with Gasteiger partial charge in [0.2, 0.25) is 0 Å². The molecular formula is C24H19ClN2O5S. The molecule has 1 heterocycles. The molecule has 168 valence electrons. The number of sulfonamides is 1. The molecule has 1 aromatic heterocycles. The normalized spacial score (nSPS) is 11.3. The second kappa shape index (κ2) is 9.09. The molecule has 0 atom stereocenters. The number of fused-ring (bicyclic) bond motifs is 1. The zero-order valence-electron chi connectivity index (χ0n) is 17.5. The van der Waals surface area contributed by atoms with Crippen LogP contribution in [-0.4, -0.2) is 38.5 Å². The van der Waals surface area contributed by atoms with Gasteiger partial charge in [-0.15, -0.1) is 0 Å². The molecule has 0 amide bonds. The molecule has 0 bridgehead atoms. The molecule has 0 aliphatic carbocycles. The molecule has 0 unspecified atom stereocenters. The third-order valence-corrected chi connectivity index (χ3v) is 7.21. The molecule has 4 aromatic rings. The number of halogens is 1. The van der Waals surface area contributed by atoms with E-state index < -0.39 is 28.4 Å². The van der Waals surface area contributed by atoms with Gasteiger partial charge in [-0.1, -0.05) is 60.1 Å². The lowest BCUT2D eigenvalue weighted by Gasteiger charge is -2.25. The monoisotopic (exact) mass is 482 g/mol. The van der Waals surface area contributed by atoms with Gasteiger partial charge in [-0.25, -0.2) is 13.2 Å². The van der Waals surface area contributed by atoms with Gasteiger partial charge in [0.15, 0.2) is 0 Å². The van der Waals surface area contributed by atoms with Crippen molar-refractivity contribution in [3.63, 3.8) is 0 Å². The van der Waals surface area contributed by atoms with Crippen LogP contribution in [-0.2, 0) is 14.8 Å². The minimum Gasteiger partial charge on any atom is -0.465 e. The fourth-order valence-corrected chi connectivity index (χ4v) is 5.27. The Morgan fingerprint density at radius 2 is 1.58 bits per heavy atom. The van der Waals surface area contributed by atoms with Gasteiger partial charge >= 0.3 is 5.97 Å². The van der Waals surface area contributed by atoms with Gasteiger partial charge in [0.1, 0.15) is 6.54 Å². The van der Waals surface area contributed by atoms with Crippen molar-refractivity contribution in [1.29, 1.82) is 0 Å². The van der Waals surface area contributed by atoms with Crippen molar-refractivity contribution >= 4 is 50.1 Å². The molecule has 4 rings (SSSR count). The fourth-order valence-electron chi connectivity index (χ4n) is 3.53. The van der Waals surface area contributed by atoms with Gasteiger partial charge in [-0.05, 0) is 30.3 Å². The summed E-state index contributed by atoms with van der Waals surface area (Å²) < 4.78 is 34.1. The van der Waals surface area contributed by atoms with E-state index in [0.29, 0.717) is 10.9 Å². The molecule has 9 heteroatoms. The van der Waals surface area contributed by atoms with Crippen LogP contribution in [0.3, 0.4) is 0 Å². The topological polar surface area (TPSA) is 85.7 Å². The number of anilines is 1. The van der Waals surface area contributed by atoms with Crippen molar-refractivity contribution in [3.8, 4) is 0 Å². The van der Waals surface area contributed by atoms with Crippen molar-refractivity contribution in [2.24, 2.45) is 0 Å². The molecule has 0 spiro atoms. The Labute approximate surface area is 195 Å². The van der Waals surface area contributed by atoms with E-state index in [9.17, 15) is 18.0 Å². The Kier molecular flexibility index (Phi) is 6.22. The SMILES string of the molecule is COC(=O)c1cn(C(=O)CN(c2ccccc2Cl)S(=O)(=O)c2ccccc2)c2ccccc12. The number of aromatic nitrogens is 1. The van der Waals surface area contributed by atoms with Gasteiger partial charge in [-0.3, -0.25) is 13.7 Å². The number of esters is 1. The number of hydrogen-bond donors (Lipinski definition) is 0. The number of hydrogen-bond acceptors (Lipinski definition) is 5. The first kappa shape index (κ1) is 22.6. The predicted octanol–water partition coefficient (Wildman–Crippen LogP) is 4.62. The third kappa shape index (κ3) is 4.22. The molecular weight excluding hydrogens is 464 g/mol. The number of carbonyl (C=O) groups excluding carboxylic acids is 2. The Morgan fingerprint density at radius 3 is 2.27 bits per heavy atom. The molecule has 33 heavy (non-hydrogen) atoms. The van der Waals surface area contributed by atoms with Crippen LogP contribution in [0.15, 0.2) is 90.0 Å². The first-order valence-electron chi connectivity index (χ1n) is 9.88. The van der Waals surface area contributed by atoms with E-state index in [1.807, 2.05) is 0 Å². The summed E-state index contributed by atoms with van der Waals surface area (Å²) >= 11 is 6.32. The lowest BCUT2D eigenvalue weighted by molar-refractivity contribution is 0.0603. The average Bonchev–Trinajstić information content (AvgIpc) is 3.23. The summed E-state index contributed by atoms with van der Waals surface area (Å²) in [5.41, 5.74) is 0.830. The number of para-hydroxylation sites is 2. The van der Waals surface area contributed by atoms with Crippen LogP contribution in [0, 0.1) is 0 Å². The summed E-state index contributed by atoms with van der Waals surface area (Å²) in [5.74, 6) is -1.17. The molecule has 0 aliphatic heterocycles. The lowest BCUT2D eigenvalue weighted by atomic mass is 10.2. The van der Waals surface area contributed by atoms with E-state index in [0.717, 1.165) is 4.31 Å². The zero-order valence-corrected chi connectivity index (χ0v) is 19.1. The van der Waals surface area contributed by atoms with Crippen LogP contribution < -0.4 is 4.31 Å². The van der Waals surface area contributed by atoms with Crippen LogP contribution >= 0.6 is 11.6 Å². The highest BCUT2D eigenvalue weighted by atomic mass is 35.5. The summed E-state index contributed by atoms with van der Waals surface area (Å²) in [6.45, 7) is -0.541. The number of methoxy groups -OCH3 is 1. The molecule has 3 aromatic carbocycles. The van der Waals surface area contributed by atoms with Crippen LogP contribution in [0.25, 0.3) is 10.9 Å². The molecule has 0 saturated carbocycles. The maximum Gasteiger partial charge on any atom is 0.340 e. The summed E-state index contributed by atoms with van der Waals surface area (Å²) in [7, 11) is -2.87.